The summed E-state index contributed by atoms with van der Waals surface area (Å²) >= 11 is -1.01. The highest BCUT2D eigenvalue weighted by Crippen LogP contribution is 2.33. The lowest BCUT2D eigenvalue weighted by Crippen LogP contribution is -2.23. The maximum atomic E-state index is 14.3. The van der Waals surface area contributed by atoms with Gasteiger partial charge in [-0.05, 0) is 23.1 Å². The van der Waals surface area contributed by atoms with Crippen LogP contribution in [0.15, 0.2) is 47.2 Å². The van der Waals surface area contributed by atoms with Gasteiger partial charge in [-0.2, -0.15) is 5.10 Å². The molecule has 3 aromatic heterocycles. The molecule has 8 nitrogen and oxygen atoms in total. The first-order valence-electron chi connectivity index (χ1n) is 11.2. The van der Waals surface area contributed by atoms with E-state index < -0.39 is 21.1 Å². The summed E-state index contributed by atoms with van der Waals surface area (Å²) in [6.45, 7) is 10.2. The van der Waals surface area contributed by atoms with Crippen LogP contribution in [0.2, 0.25) is 0 Å². The molecular formula is C25H30FIN6O2. The smallest absolute Gasteiger partial charge is 0.182 e. The van der Waals surface area contributed by atoms with Crippen molar-refractivity contribution in [3.05, 3.63) is 65.3 Å². The monoisotopic (exact) mass is 592 g/mol. The molecule has 35 heavy (non-hydrogen) atoms. The van der Waals surface area contributed by atoms with E-state index in [1.807, 2.05) is 44.7 Å². The zero-order valence-electron chi connectivity index (χ0n) is 20.7. The molecule has 0 atom stereocenters. The number of anilines is 1. The van der Waals surface area contributed by atoms with Crippen LogP contribution < -0.4 is 5.32 Å². The number of nitrogens with one attached hydrogen (secondary N) is 1. The Morgan fingerprint density at radius 1 is 1.17 bits per heavy atom. The van der Waals surface area contributed by atoms with Gasteiger partial charge in [0.15, 0.2) is 5.82 Å². The van der Waals surface area contributed by atoms with Crippen LogP contribution in [0.25, 0.3) is 22.9 Å². The molecule has 0 saturated carbocycles. The first-order chi connectivity index (χ1) is 16.8. The maximum Gasteiger partial charge on any atom is 0.182 e. The van der Waals surface area contributed by atoms with Crippen molar-refractivity contribution in [3.8, 4) is 22.9 Å². The summed E-state index contributed by atoms with van der Waals surface area (Å²) in [5.41, 5.74) is 3.60. The maximum absolute atomic E-state index is 14.3. The van der Waals surface area contributed by atoms with Gasteiger partial charge in [0.2, 0.25) is 0 Å². The highest BCUT2D eigenvalue weighted by atomic mass is 127. The van der Waals surface area contributed by atoms with E-state index in [4.69, 9.17) is 19.6 Å². The summed E-state index contributed by atoms with van der Waals surface area (Å²) in [7, 11) is 1.80. The van der Waals surface area contributed by atoms with Crippen molar-refractivity contribution in [1.29, 1.82) is 0 Å². The lowest BCUT2D eigenvalue weighted by molar-refractivity contribution is 0.421. The fourth-order valence-electron chi connectivity index (χ4n) is 3.80. The minimum atomic E-state index is -1.01. The number of benzene rings is 1. The van der Waals surface area contributed by atoms with E-state index in [0.29, 0.717) is 34.3 Å². The molecule has 0 saturated heterocycles. The number of rotatable bonds is 7. The molecule has 0 radical (unpaired) electrons. The second-order valence-corrected chi connectivity index (χ2v) is 9.26. The molecule has 0 aliphatic carbocycles. The SMILES string of the molecule is CC.CNc1nc(-c2cc(-c3ccon3)n(Cc3ccccc3F)n2)nc(C)c1C(C)(C)C=IO. The van der Waals surface area contributed by atoms with Crippen molar-refractivity contribution in [3.63, 3.8) is 0 Å². The Morgan fingerprint density at radius 3 is 2.54 bits per heavy atom. The summed E-state index contributed by atoms with van der Waals surface area (Å²) in [6, 6.07) is 10.1. The van der Waals surface area contributed by atoms with Gasteiger partial charge >= 0.3 is 0 Å². The Balaban J connectivity index is 0.00000167. The van der Waals surface area contributed by atoms with Gasteiger partial charge in [-0.3, -0.25) is 4.68 Å². The van der Waals surface area contributed by atoms with Gasteiger partial charge in [-0.1, -0.05) is 51.1 Å². The van der Waals surface area contributed by atoms with E-state index in [0.717, 1.165) is 11.3 Å². The first-order valence-corrected chi connectivity index (χ1v) is 13.5. The molecule has 1 aromatic carbocycles. The van der Waals surface area contributed by atoms with Gasteiger partial charge in [0.1, 0.15) is 29.3 Å². The van der Waals surface area contributed by atoms with Crippen molar-refractivity contribution >= 4 is 31.0 Å². The van der Waals surface area contributed by atoms with Crippen molar-refractivity contribution in [2.24, 2.45) is 0 Å². The zero-order valence-corrected chi connectivity index (χ0v) is 22.8. The highest BCUT2D eigenvalue weighted by Gasteiger charge is 2.27. The number of nitrogens with zero attached hydrogens (tertiary/aromatic N) is 5. The lowest BCUT2D eigenvalue weighted by Gasteiger charge is -2.24. The molecule has 0 aliphatic heterocycles. The van der Waals surface area contributed by atoms with Crippen molar-refractivity contribution in [1.82, 2.24) is 24.9 Å². The molecule has 2 N–H and O–H groups in total. The van der Waals surface area contributed by atoms with E-state index in [1.54, 1.807) is 36.0 Å². The zero-order chi connectivity index (χ0) is 25.6. The highest BCUT2D eigenvalue weighted by molar-refractivity contribution is 14.2. The molecule has 0 bridgehead atoms. The quantitative estimate of drug-likeness (QED) is 0.273. The van der Waals surface area contributed by atoms with Gasteiger partial charge < -0.3 is 13.3 Å². The number of aromatic nitrogens is 5. The Labute approximate surface area is 214 Å². The van der Waals surface area contributed by atoms with Crippen molar-refractivity contribution < 1.29 is 12.3 Å². The Bertz CT molecular complexity index is 1300. The Morgan fingerprint density at radius 2 is 1.91 bits per heavy atom. The van der Waals surface area contributed by atoms with Gasteiger partial charge in [0, 0.05) is 56.5 Å². The van der Waals surface area contributed by atoms with Gasteiger partial charge in [0.25, 0.3) is 0 Å². The predicted molar refractivity (Wildman–Crippen MR) is 145 cm³/mol. The van der Waals surface area contributed by atoms with E-state index in [1.165, 1.54) is 12.3 Å². The van der Waals surface area contributed by atoms with Crippen LogP contribution in [0.1, 0.15) is 44.5 Å². The number of hydrogen-bond donors (Lipinski definition) is 2. The van der Waals surface area contributed by atoms with Crippen LogP contribution in [0.4, 0.5) is 10.2 Å². The van der Waals surface area contributed by atoms with Crippen LogP contribution in [-0.4, -0.2) is 39.4 Å². The van der Waals surface area contributed by atoms with Crippen LogP contribution in [0.5, 0.6) is 0 Å². The third-order valence-electron chi connectivity index (χ3n) is 5.28. The molecular weight excluding hydrogens is 562 g/mol. The molecule has 0 spiro atoms. The Hall–Kier alpha value is -2.99. The number of hydrogen-bond acceptors (Lipinski definition) is 7. The largest absolute Gasteiger partial charge is 0.373 e. The van der Waals surface area contributed by atoms with Crippen LogP contribution in [0, 0.1) is 12.7 Å². The second kappa shape index (κ2) is 11.6. The molecule has 3 heterocycles. The summed E-state index contributed by atoms with van der Waals surface area (Å²) < 4.78 is 32.5. The van der Waals surface area contributed by atoms with Crippen LogP contribution >= 0.6 is 21.1 Å². The molecule has 0 unspecified atom stereocenters. The summed E-state index contributed by atoms with van der Waals surface area (Å²) in [6.07, 6.45) is 1.48. The van der Waals surface area contributed by atoms with E-state index in [-0.39, 0.29) is 17.8 Å². The number of aryl methyl sites for hydroxylation is 1. The fraction of sp³-hybridized carbons (Fsp3) is 0.320. The van der Waals surface area contributed by atoms with Gasteiger partial charge in [-0.25, -0.2) is 14.4 Å². The lowest BCUT2D eigenvalue weighted by atomic mass is 9.86. The van der Waals surface area contributed by atoms with Crippen molar-refractivity contribution in [2.75, 3.05) is 12.4 Å². The summed E-state index contributed by atoms with van der Waals surface area (Å²) in [4.78, 5) is 9.45. The molecule has 0 amide bonds. The minimum absolute atomic E-state index is 0.215. The molecule has 10 heteroatoms. The fourth-order valence-corrected chi connectivity index (χ4v) is 4.81. The van der Waals surface area contributed by atoms with Gasteiger partial charge in [-0.15, -0.1) is 0 Å². The van der Waals surface area contributed by atoms with E-state index in [2.05, 4.69) is 10.5 Å². The average molecular weight is 592 g/mol. The molecule has 0 aliphatic rings. The Kier molecular flexibility index (Phi) is 8.84. The van der Waals surface area contributed by atoms with Crippen LogP contribution in [0.3, 0.4) is 0 Å². The minimum Gasteiger partial charge on any atom is -0.373 e. The summed E-state index contributed by atoms with van der Waals surface area (Å²) in [5, 5.41) is 11.9. The third kappa shape index (κ3) is 5.81. The molecule has 4 aromatic rings. The van der Waals surface area contributed by atoms with E-state index in [9.17, 15) is 7.83 Å². The first kappa shape index (κ1) is 26.6. The second-order valence-electron chi connectivity index (χ2n) is 8.08. The number of halogens is 2. The third-order valence-corrected chi connectivity index (χ3v) is 7.12. The van der Waals surface area contributed by atoms with Crippen molar-refractivity contribution in [2.45, 2.75) is 46.6 Å². The molecule has 4 rings (SSSR count). The summed E-state index contributed by atoms with van der Waals surface area (Å²) in [5.74, 6) is 0.801. The standard InChI is InChI=1S/C23H24FIN6O2.C2H6/c1-14-20(23(2,3)13-25-32)22(26-4)28-21(27-14)18-11-19(17-9-10-33-30-17)31(29-18)12-15-7-5-6-8-16(15)24;1-2/h5-11,13,32H,12H2,1-4H3,(H,26,27,28);1-2H3. The topological polar surface area (TPSA) is 102 Å². The molecule has 186 valence electrons. The normalized spacial score (nSPS) is 11.7. The van der Waals surface area contributed by atoms with Gasteiger partial charge in [0.05, 0.1) is 12.2 Å². The predicted octanol–water partition coefficient (Wildman–Crippen LogP) is 5.52. The van der Waals surface area contributed by atoms with E-state index >= 15 is 0 Å². The molecule has 0 fully saturated rings. The van der Waals surface area contributed by atoms with Crippen LogP contribution in [-0.2, 0) is 12.0 Å². The average Bonchev–Trinajstić information content (AvgIpc) is 3.51.